The molecule has 2 amide bonds. The van der Waals surface area contributed by atoms with Crippen LogP contribution in [-0.4, -0.2) is 62.6 Å². The summed E-state index contributed by atoms with van der Waals surface area (Å²) in [4.78, 5) is 67.7. The fourth-order valence-corrected chi connectivity index (χ4v) is 2.94. The van der Waals surface area contributed by atoms with Crippen LogP contribution in [0.15, 0.2) is 36.4 Å². The van der Waals surface area contributed by atoms with E-state index in [0.717, 1.165) is 24.3 Å². The van der Waals surface area contributed by atoms with Crippen LogP contribution in [0.4, 0.5) is 22.7 Å². The molecule has 0 radical (unpaired) electrons. The van der Waals surface area contributed by atoms with Gasteiger partial charge >= 0.3 is 0 Å². The number of benzene rings is 2. The Kier molecular flexibility index (Phi) is 8.51. The van der Waals surface area contributed by atoms with Crippen LogP contribution in [0.2, 0.25) is 0 Å². The van der Waals surface area contributed by atoms with Gasteiger partial charge < -0.3 is 11.1 Å². The second kappa shape index (κ2) is 11.3. The molecule has 35 heavy (non-hydrogen) atoms. The molecule has 0 spiro atoms. The van der Waals surface area contributed by atoms with Gasteiger partial charge in [0.2, 0.25) is 0 Å². The molecule has 0 aliphatic heterocycles. The number of hydrogen-bond acceptors (Lipinski definition) is 12. The van der Waals surface area contributed by atoms with Gasteiger partial charge in [-0.05, 0) is 12.1 Å². The van der Waals surface area contributed by atoms with Crippen LogP contribution in [0.3, 0.4) is 0 Å². The summed E-state index contributed by atoms with van der Waals surface area (Å²) in [6, 6.07) is 4.30. The van der Waals surface area contributed by atoms with Crippen LogP contribution in [0, 0.1) is 40.5 Å². The van der Waals surface area contributed by atoms with Gasteiger partial charge in [-0.3, -0.25) is 54.9 Å². The highest BCUT2D eigenvalue weighted by Crippen LogP contribution is 2.29. The third kappa shape index (κ3) is 6.12. The van der Waals surface area contributed by atoms with Crippen molar-refractivity contribution < 1.29 is 29.3 Å². The predicted octanol–water partition coefficient (Wildman–Crippen LogP) is 1.15. The Hall–Kier alpha value is -4.90. The van der Waals surface area contributed by atoms with Crippen LogP contribution >= 0.6 is 0 Å². The van der Waals surface area contributed by atoms with E-state index in [4.69, 9.17) is 5.73 Å². The Labute approximate surface area is 194 Å². The molecule has 0 bridgehead atoms. The highest BCUT2D eigenvalue weighted by molar-refractivity contribution is 6.13. The van der Waals surface area contributed by atoms with Crippen LogP contribution < -0.4 is 11.1 Å². The van der Waals surface area contributed by atoms with Crippen LogP contribution in [0.1, 0.15) is 20.7 Å². The van der Waals surface area contributed by atoms with E-state index in [0.29, 0.717) is 17.0 Å². The molecule has 184 valence electrons. The van der Waals surface area contributed by atoms with Crippen molar-refractivity contribution in [2.75, 3.05) is 26.2 Å². The molecular weight excluding hydrogens is 474 g/mol. The van der Waals surface area contributed by atoms with E-state index in [1.54, 1.807) is 0 Å². The summed E-state index contributed by atoms with van der Waals surface area (Å²) in [6.07, 6.45) is 0. The molecule has 17 nitrogen and oxygen atoms in total. The maximum atomic E-state index is 13.2. The first-order valence-corrected chi connectivity index (χ1v) is 9.62. The lowest BCUT2D eigenvalue weighted by molar-refractivity contribution is -0.394. The molecule has 0 unspecified atom stereocenters. The van der Waals surface area contributed by atoms with Crippen molar-refractivity contribution in [2.45, 2.75) is 0 Å². The number of imide groups is 1. The second-order valence-corrected chi connectivity index (χ2v) is 6.73. The molecule has 0 aromatic heterocycles. The van der Waals surface area contributed by atoms with E-state index in [9.17, 15) is 50.0 Å². The number of amides is 2. The minimum absolute atomic E-state index is 0.0593. The first-order valence-electron chi connectivity index (χ1n) is 9.62. The highest BCUT2D eigenvalue weighted by Gasteiger charge is 2.34. The fourth-order valence-electron chi connectivity index (χ4n) is 2.94. The predicted molar refractivity (Wildman–Crippen MR) is 117 cm³/mol. The molecule has 0 fully saturated rings. The minimum Gasteiger partial charge on any atom is -0.329 e. The normalized spacial score (nSPS) is 10.4. The van der Waals surface area contributed by atoms with Crippen molar-refractivity contribution in [3.05, 3.63) is 88.0 Å². The quantitative estimate of drug-likeness (QED) is 0.194. The highest BCUT2D eigenvalue weighted by atomic mass is 16.6. The average Bonchev–Trinajstić information content (AvgIpc) is 2.82. The van der Waals surface area contributed by atoms with Crippen molar-refractivity contribution in [3.8, 4) is 0 Å². The van der Waals surface area contributed by atoms with Crippen molar-refractivity contribution in [3.63, 3.8) is 0 Å². The lowest BCUT2D eigenvalue weighted by atomic mass is 10.1. The number of nitro benzene ring substituents is 4. The Morgan fingerprint density at radius 1 is 0.743 bits per heavy atom. The summed E-state index contributed by atoms with van der Waals surface area (Å²) in [6.45, 7) is -0.0225. The first-order chi connectivity index (χ1) is 16.5. The summed E-state index contributed by atoms with van der Waals surface area (Å²) in [5.74, 6) is -2.53. The number of nitrogens with two attached hydrogens (primary N) is 1. The zero-order valence-electron chi connectivity index (χ0n) is 17.7. The first kappa shape index (κ1) is 26.4. The molecule has 0 saturated carbocycles. The Morgan fingerprint density at radius 3 is 1.51 bits per heavy atom. The molecule has 17 heteroatoms. The molecule has 0 aliphatic carbocycles. The van der Waals surface area contributed by atoms with Crippen molar-refractivity contribution >= 4 is 34.6 Å². The van der Waals surface area contributed by atoms with E-state index >= 15 is 0 Å². The number of carbonyl (C=O) groups excluding carboxylic acids is 2. The maximum Gasteiger partial charge on any atom is 0.289 e. The zero-order valence-corrected chi connectivity index (χ0v) is 17.7. The number of carbonyl (C=O) groups is 2. The van der Waals surface area contributed by atoms with E-state index in [-0.39, 0.29) is 19.6 Å². The molecule has 3 N–H and O–H groups in total. The molecular formula is C18H17N7O10. The van der Waals surface area contributed by atoms with Crippen LogP contribution in [-0.2, 0) is 0 Å². The summed E-state index contributed by atoms with van der Waals surface area (Å²) < 4.78 is 0. The number of nitrogens with zero attached hydrogens (tertiary/aromatic N) is 5. The van der Waals surface area contributed by atoms with Crippen molar-refractivity contribution in [1.82, 2.24) is 10.2 Å². The largest absolute Gasteiger partial charge is 0.329 e. The summed E-state index contributed by atoms with van der Waals surface area (Å²) in [7, 11) is 0. The van der Waals surface area contributed by atoms with Crippen LogP contribution in [0.25, 0.3) is 0 Å². The number of rotatable bonds is 11. The average molecular weight is 491 g/mol. The third-order valence-electron chi connectivity index (χ3n) is 4.56. The van der Waals surface area contributed by atoms with Gasteiger partial charge in [0.05, 0.1) is 31.8 Å². The standard InChI is InChI=1S/C18H17N7O10/c19-5-6-20-7-8-21(17(26)13-3-1-11(22(28)29)9-15(13)24(32)33)18(27)14-4-2-12(23(30)31)10-16(14)25(34)35/h1-4,9-10,20H,5-8,19H2. The number of nitrogens with one attached hydrogen (secondary N) is 1. The van der Waals surface area contributed by atoms with Crippen LogP contribution in [0.5, 0.6) is 0 Å². The van der Waals surface area contributed by atoms with Gasteiger partial charge in [-0.1, -0.05) is 0 Å². The molecule has 0 saturated heterocycles. The van der Waals surface area contributed by atoms with E-state index in [1.165, 1.54) is 0 Å². The molecule has 0 atom stereocenters. The molecule has 0 heterocycles. The topological polar surface area (TPSA) is 248 Å². The SMILES string of the molecule is NCCNCCN(C(=O)c1ccc([N+](=O)[O-])cc1[N+](=O)[O-])C(=O)c1ccc([N+](=O)[O-])cc1[N+](=O)[O-]. The third-order valence-corrected chi connectivity index (χ3v) is 4.56. The maximum absolute atomic E-state index is 13.2. The monoisotopic (exact) mass is 491 g/mol. The Balaban J connectivity index is 2.59. The number of hydrogen-bond donors (Lipinski definition) is 2. The number of nitro groups is 4. The fraction of sp³-hybridized carbons (Fsp3) is 0.222. The van der Waals surface area contributed by atoms with Gasteiger partial charge in [-0.2, -0.15) is 0 Å². The van der Waals surface area contributed by atoms with Gasteiger partial charge in [0, 0.05) is 38.3 Å². The van der Waals surface area contributed by atoms with Crippen molar-refractivity contribution in [1.29, 1.82) is 0 Å². The van der Waals surface area contributed by atoms with E-state index in [2.05, 4.69) is 5.32 Å². The second-order valence-electron chi connectivity index (χ2n) is 6.73. The minimum atomic E-state index is -1.27. The molecule has 0 aliphatic rings. The van der Waals surface area contributed by atoms with E-state index < -0.39 is 71.9 Å². The Morgan fingerprint density at radius 2 is 1.17 bits per heavy atom. The summed E-state index contributed by atoms with van der Waals surface area (Å²) in [5, 5.41) is 47.6. The molecule has 2 aromatic rings. The van der Waals surface area contributed by atoms with Gasteiger partial charge in [0.1, 0.15) is 11.1 Å². The number of non-ortho nitro benzene ring substituents is 2. The molecule has 2 aromatic carbocycles. The van der Waals surface area contributed by atoms with Gasteiger partial charge in [-0.15, -0.1) is 0 Å². The van der Waals surface area contributed by atoms with Gasteiger partial charge in [0.25, 0.3) is 34.6 Å². The zero-order chi connectivity index (χ0) is 26.3. The Bertz CT molecular complexity index is 1130. The van der Waals surface area contributed by atoms with Crippen molar-refractivity contribution in [2.24, 2.45) is 5.73 Å². The molecule has 2 rings (SSSR count). The van der Waals surface area contributed by atoms with Gasteiger partial charge in [0.15, 0.2) is 0 Å². The smallest absolute Gasteiger partial charge is 0.289 e. The summed E-state index contributed by atoms with van der Waals surface area (Å²) in [5.41, 5.74) is 0.711. The summed E-state index contributed by atoms with van der Waals surface area (Å²) >= 11 is 0. The lowest BCUT2D eigenvalue weighted by Gasteiger charge is -2.21. The van der Waals surface area contributed by atoms with Gasteiger partial charge in [-0.25, -0.2) is 0 Å². The lowest BCUT2D eigenvalue weighted by Crippen LogP contribution is -2.42. The van der Waals surface area contributed by atoms with E-state index in [1.807, 2.05) is 0 Å².